The normalized spacial score (nSPS) is 11.8. The topological polar surface area (TPSA) is 63.8 Å². The Kier molecular flexibility index (Phi) is 3.95. The van der Waals surface area contributed by atoms with Gasteiger partial charge in [-0.05, 0) is 38.4 Å². The Morgan fingerprint density at radius 2 is 2.11 bits per heavy atom. The second-order valence-electron chi connectivity index (χ2n) is 4.96. The van der Waals surface area contributed by atoms with Gasteiger partial charge in [-0.15, -0.1) is 0 Å². The molecule has 0 saturated carbocycles. The van der Waals surface area contributed by atoms with Crippen molar-refractivity contribution in [3.63, 3.8) is 0 Å². The second kappa shape index (κ2) is 5.48. The van der Waals surface area contributed by atoms with Crippen LogP contribution in [0.25, 0.3) is 11.4 Å². The van der Waals surface area contributed by atoms with E-state index in [9.17, 15) is 0 Å². The van der Waals surface area contributed by atoms with Crippen molar-refractivity contribution in [1.82, 2.24) is 20.4 Å². The molecule has 0 saturated heterocycles. The van der Waals surface area contributed by atoms with Gasteiger partial charge < -0.3 is 9.84 Å². The zero-order valence-electron chi connectivity index (χ0n) is 11.9. The zero-order valence-corrected chi connectivity index (χ0v) is 11.9. The third-order valence-corrected chi connectivity index (χ3v) is 3.10. The molecule has 0 aromatic carbocycles. The Balaban J connectivity index is 2.36. The van der Waals surface area contributed by atoms with Crippen LogP contribution in [0.3, 0.4) is 0 Å². The van der Waals surface area contributed by atoms with Crippen LogP contribution in [-0.2, 0) is 12.0 Å². The first-order valence-electron chi connectivity index (χ1n) is 6.61. The fraction of sp³-hybridized carbons (Fsp3) is 0.500. The lowest BCUT2D eigenvalue weighted by Crippen LogP contribution is -2.36. The highest BCUT2D eigenvalue weighted by atomic mass is 16.5. The molecule has 2 heterocycles. The Hall–Kier alpha value is -1.75. The first-order valence-corrected chi connectivity index (χ1v) is 6.61. The third-order valence-electron chi connectivity index (χ3n) is 3.10. The van der Waals surface area contributed by atoms with Gasteiger partial charge in [-0.2, -0.15) is 4.98 Å². The molecule has 5 nitrogen and oxygen atoms in total. The number of hydrogen-bond donors (Lipinski definition) is 1. The second-order valence-corrected chi connectivity index (χ2v) is 4.96. The molecule has 102 valence electrons. The van der Waals surface area contributed by atoms with E-state index in [2.05, 4.69) is 34.3 Å². The number of nitrogens with zero attached hydrogens (tertiary/aromatic N) is 3. The molecule has 2 aromatic heterocycles. The Labute approximate surface area is 113 Å². The monoisotopic (exact) mass is 260 g/mol. The maximum absolute atomic E-state index is 5.39. The van der Waals surface area contributed by atoms with Crippen LogP contribution in [0.4, 0.5) is 0 Å². The zero-order chi connectivity index (χ0) is 13.9. The van der Waals surface area contributed by atoms with E-state index in [4.69, 9.17) is 4.52 Å². The van der Waals surface area contributed by atoms with Gasteiger partial charge >= 0.3 is 0 Å². The largest absolute Gasteiger partial charge is 0.337 e. The summed E-state index contributed by atoms with van der Waals surface area (Å²) in [4.78, 5) is 8.64. The first-order chi connectivity index (χ1) is 9.08. The number of pyridine rings is 1. The summed E-state index contributed by atoms with van der Waals surface area (Å²) in [6.45, 7) is 9.05. The Bertz CT molecular complexity index is 548. The molecule has 0 radical (unpaired) electrons. The van der Waals surface area contributed by atoms with Gasteiger partial charge in [0.05, 0.1) is 5.54 Å². The van der Waals surface area contributed by atoms with E-state index in [0.717, 1.165) is 24.1 Å². The van der Waals surface area contributed by atoms with Crippen LogP contribution in [0.15, 0.2) is 23.0 Å². The SMILES string of the molecule is CCNC(C)(C)c1nc(-c2ccncc2CC)no1. The molecule has 0 aliphatic heterocycles. The standard InChI is InChI=1S/C14H20N4O/c1-5-10-9-15-8-7-11(10)12-17-13(19-18-12)14(3,4)16-6-2/h7-9,16H,5-6H2,1-4H3. The van der Waals surface area contributed by atoms with Gasteiger partial charge in [0.1, 0.15) is 0 Å². The van der Waals surface area contributed by atoms with E-state index < -0.39 is 0 Å². The molecule has 2 rings (SSSR count). The first kappa shape index (κ1) is 13.7. The van der Waals surface area contributed by atoms with Gasteiger partial charge in [0.2, 0.25) is 11.7 Å². The summed E-state index contributed by atoms with van der Waals surface area (Å²) in [7, 11) is 0. The number of hydrogen-bond acceptors (Lipinski definition) is 5. The van der Waals surface area contributed by atoms with Crippen LogP contribution in [-0.4, -0.2) is 21.7 Å². The summed E-state index contributed by atoms with van der Waals surface area (Å²) < 4.78 is 5.39. The van der Waals surface area contributed by atoms with Crippen molar-refractivity contribution in [1.29, 1.82) is 0 Å². The smallest absolute Gasteiger partial charge is 0.246 e. The fourth-order valence-electron chi connectivity index (χ4n) is 2.03. The van der Waals surface area contributed by atoms with Gasteiger partial charge in [-0.25, -0.2) is 0 Å². The average molecular weight is 260 g/mol. The van der Waals surface area contributed by atoms with Crippen LogP contribution in [0.2, 0.25) is 0 Å². The van der Waals surface area contributed by atoms with Crippen molar-refractivity contribution < 1.29 is 4.52 Å². The minimum Gasteiger partial charge on any atom is -0.337 e. The van der Waals surface area contributed by atoms with Crippen molar-refractivity contribution in [2.75, 3.05) is 6.54 Å². The van der Waals surface area contributed by atoms with E-state index in [1.807, 2.05) is 26.1 Å². The summed E-state index contributed by atoms with van der Waals surface area (Å²) in [6, 6.07) is 1.92. The lowest BCUT2D eigenvalue weighted by atomic mass is 10.1. The maximum atomic E-state index is 5.39. The van der Waals surface area contributed by atoms with Gasteiger partial charge in [-0.1, -0.05) is 19.0 Å². The molecule has 5 heteroatoms. The van der Waals surface area contributed by atoms with Gasteiger partial charge in [0, 0.05) is 18.0 Å². The van der Waals surface area contributed by atoms with Gasteiger partial charge in [-0.3, -0.25) is 4.98 Å². The van der Waals surface area contributed by atoms with Crippen molar-refractivity contribution in [2.45, 2.75) is 39.7 Å². The Morgan fingerprint density at radius 1 is 1.32 bits per heavy atom. The quantitative estimate of drug-likeness (QED) is 0.895. The molecule has 0 aliphatic carbocycles. The van der Waals surface area contributed by atoms with Crippen molar-refractivity contribution in [3.8, 4) is 11.4 Å². The summed E-state index contributed by atoms with van der Waals surface area (Å²) in [6.07, 6.45) is 4.49. The van der Waals surface area contributed by atoms with Crippen LogP contribution in [0, 0.1) is 0 Å². The van der Waals surface area contributed by atoms with Gasteiger partial charge in [0.25, 0.3) is 0 Å². The molecule has 0 fully saturated rings. The van der Waals surface area contributed by atoms with Crippen molar-refractivity contribution in [2.24, 2.45) is 0 Å². The molecule has 0 aliphatic rings. The van der Waals surface area contributed by atoms with E-state index in [-0.39, 0.29) is 5.54 Å². The molecule has 0 bridgehead atoms. The molecule has 0 spiro atoms. The molecule has 2 aromatic rings. The molecular formula is C14H20N4O. The highest BCUT2D eigenvalue weighted by Crippen LogP contribution is 2.24. The minimum atomic E-state index is -0.320. The van der Waals surface area contributed by atoms with E-state index in [1.165, 1.54) is 0 Å². The van der Waals surface area contributed by atoms with E-state index in [0.29, 0.717) is 11.7 Å². The third kappa shape index (κ3) is 2.81. The number of aromatic nitrogens is 3. The summed E-state index contributed by atoms with van der Waals surface area (Å²) in [5, 5.41) is 7.41. The molecule has 0 unspecified atom stereocenters. The molecule has 0 atom stereocenters. The lowest BCUT2D eigenvalue weighted by Gasteiger charge is -2.20. The molecule has 1 N–H and O–H groups in total. The number of rotatable bonds is 5. The van der Waals surface area contributed by atoms with Crippen molar-refractivity contribution in [3.05, 3.63) is 29.9 Å². The van der Waals surface area contributed by atoms with Crippen LogP contribution in [0.1, 0.15) is 39.1 Å². The Morgan fingerprint density at radius 3 is 2.79 bits per heavy atom. The van der Waals surface area contributed by atoms with Crippen LogP contribution >= 0.6 is 0 Å². The minimum absolute atomic E-state index is 0.320. The highest BCUT2D eigenvalue weighted by molar-refractivity contribution is 5.58. The maximum Gasteiger partial charge on any atom is 0.246 e. The molecule has 0 amide bonds. The van der Waals surface area contributed by atoms with E-state index in [1.54, 1.807) is 6.20 Å². The van der Waals surface area contributed by atoms with Crippen LogP contribution in [0.5, 0.6) is 0 Å². The average Bonchev–Trinajstić information content (AvgIpc) is 2.89. The van der Waals surface area contributed by atoms with Crippen molar-refractivity contribution >= 4 is 0 Å². The highest BCUT2D eigenvalue weighted by Gasteiger charge is 2.26. The number of nitrogens with one attached hydrogen (secondary N) is 1. The van der Waals surface area contributed by atoms with Crippen LogP contribution < -0.4 is 5.32 Å². The predicted octanol–water partition coefficient (Wildman–Crippen LogP) is 2.54. The summed E-state index contributed by atoms with van der Waals surface area (Å²) in [5.74, 6) is 1.23. The summed E-state index contributed by atoms with van der Waals surface area (Å²) in [5.41, 5.74) is 1.79. The fourth-order valence-corrected chi connectivity index (χ4v) is 2.03. The van der Waals surface area contributed by atoms with E-state index >= 15 is 0 Å². The summed E-state index contributed by atoms with van der Waals surface area (Å²) >= 11 is 0. The lowest BCUT2D eigenvalue weighted by molar-refractivity contribution is 0.272. The molecule has 19 heavy (non-hydrogen) atoms. The van der Waals surface area contributed by atoms with Gasteiger partial charge in [0.15, 0.2) is 0 Å². The number of aryl methyl sites for hydroxylation is 1. The molecular weight excluding hydrogens is 240 g/mol. The predicted molar refractivity (Wildman–Crippen MR) is 73.6 cm³/mol.